The zero-order valence-corrected chi connectivity index (χ0v) is 14.4. The summed E-state index contributed by atoms with van der Waals surface area (Å²) < 4.78 is 5.48. The van der Waals surface area contributed by atoms with Crippen molar-refractivity contribution in [3.05, 3.63) is 63.6 Å². The first-order chi connectivity index (χ1) is 10.9. The number of amides is 1. The lowest BCUT2D eigenvalue weighted by Crippen LogP contribution is -2.27. The van der Waals surface area contributed by atoms with Crippen molar-refractivity contribution in [1.29, 1.82) is 0 Å². The van der Waals surface area contributed by atoms with Gasteiger partial charge >= 0.3 is 5.97 Å². The predicted octanol–water partition coefficient (Wildman–Crippen LogP) is 3.31. The van der Waals surface area contributed by atoms with E-state index in [1.807, 2.05) is 13.0 Å². The van der Waals surface area contributed by atoms with E-state index in [9.17, 15) is 9.59 Å². The van der Waals surface area contributed by atoms with Crippen molar-refractivity contribution in [2.45, 2.75) is 13.0 Å². The number of halogens is 1. The summed E-state index contributed by atoms with van der Waals surface area (Å²) in [5, 5.41) is 2.87. The number of carbonyl (C=O) groups is 2. The fourth-order valence-electron chi connectivity index (χ4n) is 2.14. The van der Waals surface area contributed by atoms with Crippen molar-refractivity contribution >= 4 is 33.5 Å². The maximum Gasteiger partial charge on any atom is 0.337 e. The van der Waals surface area contributed by atoms with Crippen LogP contribution in [0.25, 0.3) is 0 Å². The maximum atomic E-state index is 12.4. The van der Waals surface area contributed by atoms with Gasteiger partial charge in [-0.25, -0.2) is 4.79 Å². The molecule has 2 rings (SSSR count). The lowest BCUT2D eigenvalue weighted by Gasteiger charge is -2.16. The second-order valence-electron chi connectivity index (χ2n) is 5.04. The van der Waals surface area contributed by atoms with Crippen LogP contribution in [-0.2, 0) is 4.74 Å². The highest BCUT2D eigenvalue weighted by Gasteiger charge is 2.15. The van der Waals surface area contributed by atoms with Crippen molar-refractivity contribution < 1.29 is 14.3 Å². The van der Waals surface area contributed by atoms with Gasteiger partial charge in [-0.05, 0) is 42.8 Å². The van der Waals surface area contributed by atoms with E-state index < -0.39 is 5.97 Å². The summed E-state index contributed by atoms with van der Waals surface area (Å²) in [5.41, 5.74) is 7.88. The minimum Gasteiger partial charge on any atom is -0.465 e. The fourth-order valence-corrected chi connectivity index (χ4v) is 2.50. The van der Waals surface area contributed by atoms with Crippen molar-refractivity contribution in [1.82, 2.24) is 5.32 Å². The topological polar surface area (TPSA) is 81.4 Å². The minimum absolute atomic E-state index is 0.278. The molecule has 0 spiro atoms. The van der Waals surface area contributed by atoms with Crippen LogP contribution in [0.2, 0.25) is 0 Å². The Morgan fingerprint density at radius 1 is 1.22 bits per heavy atom. The average molecular weight is 377 g/mol. The summed E-state index contributed by atoms with van der Waals surface area (Å²) in [4.78, 5) is 24.0. The van der Waals surface area contributed by atoms with E-state index in [1.54, 1.807) is 36.4 Å². The van der Waals surface area contributed by atoms with Crippen LogP contribution in [0.3, 0.4) is 0 Å². The van der Waals surface area contributed by atoms with E-state index in [0.717, 1.165) is 10.0 Å². The number of nitrogens with one attached hydrogen (secondary N) is 1. The molecular formula is C17H17BrN2O3. The Labute approximate surface area is 143 Å². The van der Waals surface area contributed by atoms with Crippen LogP contribution in [0.4, 0.5) is 5.69 Å². The standard InChI is InChI=1S/C17H17BrN2O3/c1-10(11-4-3-5-12(8-11)17(22)23-2)20-16(21)14-9-13(18)6-7-15(14)19/h3-10H,19H2,1-2H3,(H,20,21). The van der Waals surface area contributed by atoms with Gasteiger partial charge in [-0.1, -0.05) is 28.1 Å². The summed E-state index contributed by atoms with van der Waals surface area (Å²) in [6.45, 7) is 1.84. The Morgan fingerprint density at radius 2 is 1.96 bits per heavy atom. The molecule has 0 fully saturated rings. The third-order valence-electron chi connectivity index (χ3n) is 3.42. The third-order valence-corrected chi connectivity index (χ3v) is 3.91. The van der Waals surface area contributed by atoms with E-state index in [0.29, 0.717) is 16.8 Å². The summed E-state index contributed by atoms with van der Waals surface area (Å²) in [6, 6.07) is 11.8. The van der Waals surface area contributed by atoms with E-state index in [1.165, 1.54) is 7.11 Å². The number of hydrogen-bond acceptors (Lipinski definition) is 4. The first kappa shape index (κ1) is 17.0. The number of nitrogen functional groups attached to an aromatic ring is 1. The van der Waals surface area contributed by atoms with E-state index in [2.05, 4.69) is 21.2 Å². The SMILES string of the molecule is COC(=O)c1cccc(C(C)NC(=O)c2cc(Br)ccc2N)c1. The summed E-state index contributed by atoms with van der Waals surface area (Å²) in [5.74, 6) is -0.693. The zero-order chi connectivity index (χ0) is 17.0. The lowest BCUT2D eigenvalue weighted by atomic mass is 10.0. The Balaban J connectivity index is 2.18. The highest BCUT2D eigenvalue weighted by atomic mass is 79.9. The average Bonchev–Trinajstić information content (AvgIpc) is 2.56. The number of nitrogens with two attached hydrogens (primary N) is 1. The number of anilines is 1. The molecule has 120 valence electrons. The molecular weight excluding hydrogens is 360 g/mol. The monoisotopic (exact) mass is 376 g/mol. The van der Waals surface area contributed by atoms with Gasteiger partial charge < -0.3 is 15.8 Å². The second kappa shape index (κ2) is 7.28. The quantitative estimate of drug-likeness (QED) is 0.633. The van der Waals surface area contributed by atoms with Gasteiger partial charge in [-0.3, -0.25) is 4.79 Å². The van der Waals surface area contributed by atoms with Crippen LogP contribution in [0.15, 0.2) is 46.9 Å². The van der Waals surface area contributed by atoms with E-state index >= 15 is 0 Å². The van der Waals surface area contributed by atoms with Gasteiger partial charge in [0.15, 0.2) is 0 Å². The summed E-state index contributed by atoms with van der Waals surface area (Å²) in [6.07, 6.45) is 0. The number of methoxy groups -OCH3 is 1. The van der Waals surface area contributed by atoms with Gasteiger partial charge in [0.05, 0.1) is 24.3 Å². The molecule has 0 aliphatic heterocycles. The van der Waals surface area contributed by atoms with Crippen molar-refractivity contribution in [2.75, 3.05) is 12.8 Å². The van der Waals surface area contributed by atoms with Gasteiger partial charge in [0.25, 0.3) is 5.91 Å². The number of ether oxygens (including phenoxy) is 1. The predicted molar refractivity (Wildman–Crippen MR) is 92.2 cm³/mol. The molecule has 0 saturated heterocycles. The molecule has 3 N–H and O–H groups in total. The summed E-state index contributed by atoms with van der Waals surface area (Å²) in [7, 11) is 1.33. The van der Waals surface area contributed by atoms with E-state index in [-0.39, 0.29) is 11.9 Å². The van der Waals surface area contributed by atoms with Gasteiger partial charge in [-0.2, -0.15) is 0 Å². The van der Waals surface area contributed by atoms with E-state index in [4.69, 9.17) is 10.5 Å². The molecule has 0 aromatic heterocycles. The van der Waals surface area contributed by atoms with Crippen LogP contribution >= 0.6 is 15.9 Å². The largest absolute Gasteiger partial charge is 0.465 e. The van der Waals surface area contributed by atoms with Crippen LogP contribution < -0.4 is 11.1 Å². The van der Waals surface area contributed by atoms with Crippen molar-refractivity contribution in [2.24, 2.45) is 0 Å². The molecule has 1 atom stereocenters. The molecule has 0 saturated carbocycles. The van der Waals surface area contributed by atoms with Gasteiger partial charge in [-0.15, -0.1) is 0 Å². The third kappa shape index (κ3) is 4.10. The molecule has 23 heavy (non-hydrogen) atoms. The number of benzene rings is 2. The molecule has 0 heterocycles. The highest BCUT2D eigenvalue weighted by Crippen LogP contribution is 2.20. The normalized spacial score (nSPS) is 11.6. The van der Waals surface area contributed by atoms with Crippen molar-refractivity contribution in [3.63, 3.8) is 0 Å². The smallest absolute Gasteiger partial charge is 0.337 e. The number of hydrogen-bond donors (Lipinski definition) is 2. The number of rotatable bonds is 4. The Morgan fingerprint density at radius 3 is 2.65 bits per heavy atom. The molecule has 5 nitrogen and oxygen atoms in total. The molecule has 6 heteroatoms. The second-order valence-corrected chi connectivity index (χ2v) is 5.96. The van der Waals surface area contributed by atoms with Crippen LogP contribution in [0.1, 0.15) is 39.2 Å². The highest BCUT2D eigenvalue weighted by molar-refractivity contribution is 9.10. The number of esters is 1. The molecule has 0 aliphatic carbocycles. The molecule has 1 amide bonds. The van der Waals surface area contributed by atoms with Crippen LogP contribution in [0.5, 0.6) is 0 Å². The minimum atomic E-state index is -0.415. The fraction of sp³-hybridized carbons (Fsp3) is 0.176. The first-order valence-electron chi connectivity index (χ1n) is 6.96. The molecule has 0 bridgehead atoms. The Hall–Kier alpha value is -2.34. The van der Waals surface area contributed by atoms with Crippen LogP contribution in [0, 0.1) is 0 Å². The lowest BCUT2D eigenvalue weighted by molar-refractivity contribution is 0.0600. The zero-order valence-electron chi connectivity index (χ0n) is 12.8. The summed E-state index contributed by atoms with van der Waals surface area (Å²) >= 11 is 3.32. The number of carbonyl (C=O) groups excluding carboxylic acids is 2. The molecule has 1 unspecified atom stereocenters. The van der Waals surface area contributed by atoms with Gasteiger partial charge in [0.1, 0.15) is 0 Å². The molecule has 2 aromatic rings. The Kier molecular flexibility index (Phi) is 5.39. The van der Waals surface area contributed by atoms with Gasteiger partial charge in [0, 0.05) is 10.2 Å². The molecule has 0 radical (unpaired) electrons. The molecule has 2 aromatic carbocycles. The Bertz CT molecular complexity index is 746. The van der Waals surface area contributed by atoms with Crippen molar-refractivity contribution in [3.8, 4) is 0 Å². The van der Waals surface area contributed by atoms with Gasteiger partial charge in [0.2, 0.25) is 0 Å². The van der Waals surface area contributed by atoms with Crippen LogP contribution in [-0.4, -0.2) is 19.0 Å². The first-order valence-corrected chi connectivity index (χ1v) is 7.76. The maximum absolute atomic E-state index is 12.4. The molecule has 0 aliphatic rings.